The van der Waals surface area contributed by atoms with Crippen molar-refractivity contribution in [2.45, 2.75) is 19.9 Å². The first kappa shape index (κ1) is 14.9. The number of ether oxygens (including phenoxy) is 1. The van der Waals surface area contributed by atoms with Crippen LogP contribution in [-0.4, -0.2) is 17.6 Å². The molecule has 0 aliphatic carbocycles. The van der Waals surface area contributed by atoms with Crippen LogP contribution in [0, 0.1) is 0 Å². The van der Waals surface area contributed by atoms with E-state index in [9.17, 15) is 0 Å². The van der Waals surface area contributed by atoms with Crippen molar-refractivity contribution in [3.8, 4) is 5.88 Å². The second-order valence-corrected chi connectivity index (χ2v) is 3.06. The summed E-state index contributed by atoms with van der Waals surface area (Å²) in [5.41, 5.74) is 11.4. The lowest BCUT2D eigenvalue weighted by Gasteiger charge is -2.07. The number of nitrogens with two attached hydrogens (primary N) is 2. The molecule has 1 aromatic rings. The van der Waals surface area contributed by atoms with Gasteiger partial charge in [0.2, 0.25) is 5.88 Å². The van der Waals surface area contributed by atoms with Crippen LogP contribution < -0.4 is 16.2 Å². The molecule has 0 saturated carbocycles. The van der Waals surface area contributed by atoms with Gasteiger partial charge >= 0.3 is 0 Å². The smallest absolute Gasteiger partial charge is 0.218 e. The normalized spacial score (nSPS) is 9.06. The zero-order valence-electron chi connectivity index (χ0n) is 9.22. The van der Waals surface area contributed by atoms with Crippen LogP contribution in [0.5, 0.6) is 5.88 Å². The molecular formula is C10H17IN4O. The van der Waals surface area contributed by atoms with Crippen LogP contribution in [0.3, 0.4) is 0 Å². The number of nitrogens with zero attached hydrogens (tertiary/aromatic N) is 2. The Morgan fingerprint density at radius 3 is 2.88 bits per heavy atom. The maximum Gasteiger partial charge on any atom is 0.218 e. The maximum atomic E-state index is 5.46. The first-order valence-corrected chi connectivity index (χ1v) is 4.86. The van der Waals surface area contributed by atoms with Gasteiger partial charge in [-0.2, -0.15) is 0 Å². The number of pyridine rings is 1. The molecule has 0 aliphatic heterocycles. The predicted molar refractivity (Wildman–Crippen MR) is 75.0 cm³/mol. The number of hydrogen-bond donors (Lipinski definition) is 2. The lowest BCUT2D eigenvalue weighted by atomic mass is 10.3. The fourth-order valence-corrected chi connectivity index (χ4v) is 1.05. The topological polar surface area (TPSA) is 86.5 Å². The summed E-state index contributed by atoms with van der Waals surface area (Å²) in [6.45, 7) is 3.08. The number of aliphatic imine (C=N–C) groups is 1. The number of guanidine groups is 1. The van der Waals surface area contributed by atoms with E-state index in [-0.39, 0.29) is 29.9 Å². The number of rotatable bonds is 5. The van der Waals surface area contributed by atoms with Crippen LogP contribution in [0.4, 0.5) is 0 Å². The molecule has 0 atom stereocenters. The van der Waals surface area contributed by atoms with Gasteiger partial charge in [-0.25, -0.2) is 9.98 Å². The summed E-state index contributed by atoms with van der Waals surface area (Å²) in [4.78, 5) is 8.04. The largest absolute Gasteiger partial charge is 0.477 e. The summed E-state index contributed by atoms with van der Waals surface area (Å²) in [6.07, 6.45) is 2.63. The van der Waals surface area contributed by atoms with Gasteiger partial charge < -0.3 is 16.2 Å². The summed E-state index contributed by atoms with van der Waals surface area (Å²) in [6, 6.07) is 3.72. The molecule has 0 unspecified atom stereocenters. The van der Waals surface area contributed by atoms with E-state index in [1.54, 1.807) is 6.20 Å². The van der Waals surface area contributed by atoms with E-state index in [1.165, 1.54) is 0 Å². The Balaban J connectivity index is 0.00000225. The molecular weight excluding hydrogens is 319 g/mol. The van der Waals surface area contributed by atoms with Crippen LogP contribution in [0.25, 0.3) is 0 Å². The Kier molecular flexibility index (Phi) is 7.61. The molecule has 1 rings (SSSR count). The molecule has 0 aliphatic rings. The van der Waals surface area contributed by atoms with Gasteiger partial charge in [-0.15, -0.1) is 24.0 Å². The van der Waals surface area contributed by atoms with Gasteiger partial charge in [-0.05, 0) is 12.5 Å². The van der Waals surface area contributed by atoms with E-state index in [1.807, 2.05) is 19.1 Å². The molecule has 0 bridgehead atoms. The molecule has 0 spiro atoms. The zero-order valence-corrected chi connectivity index (χ0v) is 11.5. The molecule has 0 amide bonds. The fourth-order valence-electron chi connectivity index (χ4n) is 1.05. The zero-order chi connectivity index (χ0) is 11.1. The quantitative estimate of drug-likeness (QED) is 0.482. The molecule has 90 valence electrons. The van der Waals surface area contributed by atoms with Crippen molar-refractivity contribution in [1.29, 1.82) is 0 Å². The van der Waals surface area contributed by atoms with E-state index in [2.05, 4.69) is 9.98 Å². The van der Waals surface area contributed by atoms with E-state index in [0.29, 0.717) is 19.0 Å². The van der Waals surface area contributed by atoms with Crippen molar-refractivity contribution < 1.29 is 4.74 Å². The molecule has 1 heterocycles. The molecule has 1 aromatic heterocycles. The highest BCUT2D eigenvalue weighted by Gasteiger charge is 2.02. The number of halogens is 1. The average molecular weight is 336 g/mol. The lowest BCUT2D eigenvalue weighted by Crippen LogP contribution is -2.22. The summed E-state index contributed by atoms with van der Waals surface area (Å²) in [5.74, 6) is 0.671. The van der Waals surface area contributed by atoms with Crippen molar-refractivity contribution in [2.75, 3.05) is 6.61 Å². The second-order valence-electron chi connectivity index (χ2n) is 3.06. The predicted octanol–water partition coefficient (Wildman–Crippen LogP) is 1.26. The first-order chi connectivity index (χ1) is 7.24. The highest BCUT2D eigenvalue weighted by molar-refractivity contribution is 14.0. The first-order valence-electron chi connectivity index (χ1n) is 4.86. The minimum atomic E-state index is 0. The summed E-state index contributed by atoms with van der Waals surface area (Å²) < 4.78 is 5.46. The van der Waals surface area contributed by atoms with Gasteiger partial charge in [0, 0.05) is 11.8 Å². The van der Waals surface area contributed by atoms with Crippen molar-refractivity contribution in [2.24, 2.45) is 16.5 Å². The van der Waals surface area contributed by atoms with E-state index < -0.39 is 0 Å². The number of hydrogen-bond acceptors (Lipinski definition) is 3. The Hall–Kier alpha value is -1.05. The van der Waals surface area contributed by atoms with E-state index in [0.717, 1.165) is 12.0 Å². The third-order valence-electron chi connectivity index (χ3n) is 1.72. The number of aromatic nitrogens is 1. The molecule has 0 aromatic carbocycles. The maximum absolute atomic E-state index is 5.46. The van der Waals surface area contributed by atoms with Gasteiger partial charge in [0.1, 0.15) is 0 Å². The molecule has 0 radical (unpaired) electrons. The molecule has 4 N–H and O–H groups in total. The van der Waals surface area contributed by atoms with Crippen molar-refractivity contribution in [3.63, 3.8) is 0 Å². The van der Waals surface area contributed by atoms with Crippen LogP contribution in [0.15, 0.2) is 23.3 Å². The van der Waals surface area contributed by atoms with Gasteiger partial charge in [-0.1, -0.05) is 13.0 Å². The summed E-state index contributed by atoms with van der Waals surface area (Å²) in [5, 5.41) is 0. The Morgan fingerprint density at radius 2 is 2.25 bits per heavy atom. The molecule has 0 fully saturated rings. The third-order valence-corrected chi connectivity index (χ3v) is 1.72. The minimum absolute atomic E-state index is 0. The molecule has 5 nitrogen and oxygen atoms in total. The minimum Gasteiger partial charge on any atom is -0.477 e. The summed E-state index contributed by atoms with van der Waals surface area (Å²) >= 11 is 0. The Morgan fingerprint density at radius 1 is 1.50 bits per heavy atom. The highest BCUT2D eigenvalue weighted by Crippen LogP contribution is 2.15. The highest BCUT2D eigenvalue weighted by atomic mass is 127. The van der Waals surface area contributed by atoms with Gasteiger partial charge in [0.25, 0.3) is 0 Å². The van der Waals surface area contributed by atoms with Gasteiger partial charge in [0.05, 0.1) is 13.2 Å². The van der Waals surface area contributed by atoms with Crippen molar-refractivity contribution in [1.82, 2.24) is 4.98 Å². The van der Waals surface area contributed by atoms with Crippen LogP contribution in [-0.2, 0) is 6.54 Å². The second kappa shape index (κ2) is 8.14. The van der Waals surface area contributed by atoms with Gasteiger partial charge in [-0.3, -0.25) is 0 Å². The summed E-state index contributed by atoms with van der Waals surface area (Å²) in [7, 11) is 0. The van der Waals surface area contributed by atoms with Gasteiger partial charge in [0.15, 0.2) is 5.96 Å². The fraction of sp³-hybridized carbons (Fsp3) is 0.400. The molecule has 6 heteroatoms. The monoisotopic (exact) mass is 336 g/mol. The molecule has 16 heavy (non-hydrogen) atoms. The lowest BCUT2D eigenvalue weighted by molar-refractivity contribution is 0.302. The van der Waals surface area contributed by atoms with E-state index in [4.69, 9.17) is 16.2 Å². The standard InChI is InChI=1S/C10H16N4O.HI/c1-2-6-15-9-8(4-3-5-13-9)7-14-10(11)12;/h3-5H,2,6-7H2,1H3,(H4,11,12,14);1H. The van der Waals surface area contributed by atoms with E-state index >= 15 is 0 Å². The van der Waals surface area contributed by atoms with Crippen LogP contribution in [0.2, 0.25) is 0 Å². The molecule has 0 saturated heterocycles. The SMILES string of the molecule is CCCOc1ncccc1CN=C(N)N.I. The van der Waals surface area contributed by atoms with Crippen molar-refractivity contribution in [3.05, 3.63) is 23.9 Å². The van der Waals surface area contributed by atoms with Crippen LogP contribution in [0.1, 0.15) is 18.9 Å². The van der Waals surface area contributed by atoms with Crippen molar-refractivity contribution >= 4 is 29.9 Å². The van der Waals surface area contributed by atoms with Crippen LogP contribution >= 0.6 is 24.0 Å². The Bertz CT molecular complexity index is 339. The Labute approximate surface area is 112 Å². The average Bonchev–Trinajstić information content (AvgIpc) is 2.24. The third kappa shape index (κ3) is 5.15.